The summed E-state index contributed by atoms with van der Waals surface area (Å²) in [6.07, 6.45) is 7.35. The van der Waals surface area contributed by atoms with Gasteiger partial charge in [-0.15, -0.1) is 0 Å². The summed E-state index contributed by atoms with van der Waals surface area (Å²) < 4.78 is 0. The third-order valence-corrected chi connectivity index (χ3v) is 4.11. The van der Waals surface area contributed by atoms with E-state index in [1.54, 1.807) is 0 Å². The first-order chi connectivity index (χ1) is 8.34. The largest absolute Gasteiger partial charge is 0.352 e. The van der Waals surface area contributed by atoms with Crippen LogP contribution in [0.5, 0.6) is 0 Å². The smallest absolute Gasteiger partial charge is 0.237 e. The molecule has 1 fully saturated rings. The van der Waals surface area contributed by atoms with Crippen molar-refractivity contribution in [2.24, 2.45) is 17.1 Å². The van der Waals surface area contributed by atoms with Gasteiger partial charge < -0.3 is 11.1 Å². The first kappa shape index (κ1) is 15.5. The lowest BCUT2D eigenvalue weighted by atomic mass is 9.82. The minimum Gasteiger partial charge on any atom is -0.352 e. The first-order valence-electron chi connectivity index (χ1n) is 7.40. The van der Waals surface area contributed by atoms with E-state index < -0.39 is 6.04 Å². The number of carbonyl (C=O) groups excluding carboxylic acids is 1. The van der Waals surface area contributed by atoms with Crippen LogP contribution in [0.2, 0.25) is 0 Å². The van der Waals surface area contributed by atoms with Crippen LogP contribution in [0.1, 0.15) is 66.2 Å². The molecule has 18 heavy (non-hydrogen) atoms. The minimum absolute atomic E-state index is 0.0152. The fourth-order valence-electron chi connectivity index (χ4n) is 2.69. The van der Waals surface area contributed by atoms with E-state index in [0.717, 1.165) is 18.8 Å². The van der Waals surface area contributed by atoms with Gasteiger partial charge >= 0.3 is 0 Å². The molecule has 1 atom stereocenters. The lowest BCUT2D eigenvalue weighted by Gasteiger charge is -2.32. The summed E-state index contributed by atoms with van der Waals surface area (Å²) in [6.45, 7) is 8.27. The highest BCUT2D eigenvalue weighted by Gasteiger charge is 2.30. The summed E-state index contributed by atoms with van der Waals surface area (Å²) >= 11 is 0. The van der Waals surface area contributed by atoms with Gasteiger partial charge in [-0.3, -0.25) is 4.79 Å². The summed E-state index contributed by atoms with van der Waals surface area (Å²) in [4.78, 5) is 12.0. The molecule has 0 radical (unpaired) electrons. The first-order valence-corrected chi connectivity index (χ1v) is 7.40. The van der Waals surface area contributed by atoms with Crippen LogP contribution in [-0.2, 0) is 4.79 Å². The van der Waals surface area contributed by atoms with Gasteiger partial charge in [-0.25, -0.2) is 0 Å². The van der Waals surface area contributed by atoms with Gasteiger partial charge in [0.1, 0.15) is 0 Å². The molecule has 0 aromatic carbocycles. The van der Waals surface area contributed by atoms with Gasteiger partial charge in [0.2, 0.25) is 5.91 Å². The molecule has 1 unspecified atom stereocenters. The molecular formula is C15H30N2O. The maximum Gasteiger partial charge on any atom is 0.237 e. The van der Waals surface area contributed by atoms with Crippen LogP contribution in [0.3, 0.4) is 0 Å². The molecule has 1 aliphatic rings. The monoisotopic (exact) mass is 254 g/mol. The Hall–Kier alpha value is -0.570. The highest BCUT2D eigenvalue weighted by molar-refractivity contribution is 5.82. The summed E-state index contributed by atoms with van der Waals surface area (Å²) in [5.74, 6) is 0.890. The van der Waals surface area contributed by atoms with Gasteiger partial charge in [-0.1, -0.05) is 40.5 Å². The van der Waals surface area contributed by atoms with E-state index in [-0.39, 0.29) is 11.3 Å². The quantitative estimate of drug-likeness (QED) is 0.810. The lowest BCUT2D eigenvalue weighted by Crippen LogP contribution is -2.51. The average Bonchev–Trinajstić information content (AvgIpc) is 2.30. The zero-order valence-electron chi connectivity index (χ0n) is 12.5. The Labute approximate surface area is 112 Å². The van der Waals surface area contributed by atoms with Crippen molar-refractivity contribution in [3.05, 3.63) is 0 Å². The summed E-state index contributed by atoms with van der Waals surface area (Å²) in [6, 6.07) is -0.0649. The molecule has 0 spiro atoms. The minimum atomic E-state index is -0.411. The van der Waals surface area contributed by atoms with Crippen LogP contribution in [0, 0.1) is 11.3 Å². The second kappa shape index (κ2) is 6.55. The van der Waals surface area contributed by atoms with Crippen molar-refractivity contribution in [2.75, 3.05) is 0 Å². The Morgan fingerprint density at radius 1 is 1.28 bits per heavy atom. The predicted octanol–water partition coefficient (Wildman–Crippen LogP) is 2.83. The third kappa shape index (κ3) is 4.60. The van der Waals surface area contributed by atoms with Crippen molar-refractivity contribution in [1.29, 1.82) is 0 Å². The van der Waals surface area contributed by atoms with Crippen LogP contribution < -0.4 is 11.1 Å². The predicted molar refractivity (Wildman–Crippen MR) is 76.2 cm³/mol. The van der Waals surface area contributed by atoms with Crippen LogP contribution >= 0.6 is 0 Å². The van der Waals surface area contributed by atoms with Crippen LogP contribution in [0.15, 0.2) is 0 Å². The molecule has 3 nitrogen and oxygen atoms in total. The van der Waals surface area contributed by atoms with Gasteiger partial charge in [-0.05, 0) is 37.0 Å². The maximum absolute atomic E-state index is 12.0. The topological polar surface area (TPSA) is 55.1 Å². The number of amides is 1. The second-order valence-electron chi connectivity index (χ2n) is 6.86. The number of carbonyl (C=O) groups is 1. The van der Waals surface area contributed by atoms with Crippen LogP contribution in [0.4, 0.5) is 0 Å². The van der Waals surface area contributed by atoms with Crippen molar-refractivity contribution in [2.45, 2.75) is 78.3 Å². The number of nitrogens with one attached hydrogen (secondary N) is 1. The van der Waals surface area contributed by atoms with E-state index >= 15 is 0 Å². The molecule has 106 valence electrons. The Bertz CT molecular complexity index is 262. The van der Waals surface area contributed by atoms with E-state index in [9.17, 15) is 4.79 Å². The van der Waals surface area contributed by atoms with Gasteiger partial charge in [-0.2, -0.15) is 0 Å². The van der Waals surface area contributed by atoms with E-state index in [1.807, 2.05) is 20.8 Å². The van der Waals surface area contributed by atoms with Gasteiger partial charge in [0.25, 0.3) is 0 Å². The summed E-state index contributed by atoms with van der Waals surface area (Å²) in [5.41, 5.74) is 5.81. The molecule has 0 saturated heterocycles. The Morgan fingerprint density at radius 2 is 1.83 bits per heavy atom. The molecule has 0 aliphatic heterocycles. The molecular weight excluding hydrogens is 224 g/mol. The van der Waals surface area contributed by atoms with E-state index in [4.69, 9.17) is 5.73 Å². The number of hydrogen-bond donors (Lipinski definition) is 2. The molecule has 3 heteroatoms. The normalized spacial score (nSPS) is 26.7. The third-order valence-electron chi connectivity index (χ3n) is 4.11. The fourth-order valence-corrected chi connectivity index (χ4v) is 2.69. The molecule has 3 N–H and O–H groups in total. The zero-order valence-corrected chi connectivity index (χ0v) is 12.5. The zero-order chi connectivity index (χ0) is 13.8. The van der Waals surface area contributed by atoms with Crippen molar-refractivity contribution in [3.63, 3.8) is 0 Å². The van der Waals surface area contributed by atoms with Gasteiger partial charge in [0, 0.05) is 6.04 Å². The maximum atomic E-state index is 12.0. The van der Waals surface area contributed by atoms with Crippen molar-refractivity contribution < 1.29 is 4.79 Å². The van der Waals surface area contributed by atoms with E-state index in [2.05, 4.69) is 12.2 Å². The highest BCUT2D eigenvalue weighted by Crippen LogP contribution is 2.28. The highest BCUT2D eigenvalue weighted by atomic mass is 16.2. The van der Waals surface area contributed by atoms with Gasteiger partial charge in [0.05, 0.1) is 6.04 Å². The molecule has 0 bridgehead atoms. The molecule has 1 aliphatic carbocycles. The van der Waals surface area contributed by atoms with Crippen molar-refractivity contribution in [3.8, 4) is 0 Å². The standard InChI is InChI=1S/C15H30N2O/c1-5-6-11-7-9-12(10-8-11)17-14(18)13(16)15(2,3)4/h11-13H,5-10,16H2,1-4H3,(H,17,18). The Balaban J connectivity index is 2.35. The Kier molecular flexibility index (Phi) is 5.64. The lowest BCUT2D eigenvalue weighted by molar-refractivity contribution is -0.125. The molecule has 0 heterocycles. The van der Waals surface area contributed by atoms with E-state index in [0.29, 0.717) is 6.04 Å². The second-order valence-corrected chi connectivity index (χ2v) is 6.86. The summed E-state index contributed by atoms with van der Waals surface area (Å²) in [5, 5.41) is 3.12. The number of nitrogens with two attached hydrogens (primary N) is 1. The van der Waals surface area contributed by atoms with Crippen LogP contribution in [0.25, 0.3) is 0 Å². The molecule has 0 aromatic rings. The molecule has 1 rings (SSSR count). The SMILES string of the molecule is CCCC1CCC(NC(=O)C(N)C(C)(C)C)CC1. The molecule has 1 saturated carbocycles. The molecule has 1 amide bonds. The summed E-state index contributed by atoms with van der Waals surface area (Å²) in [7, 11) is 0. The van der Waals surface area contributed by atoms with Crippen molar-refractivity contribution in [1.82, 2.24) is 5.32 Å². The van der Waals surface area contributed by atoms with Gasteiger partial charge in [0.15, 0.2) is 0 Å². The van der Waals surface area contributed by atoms with E-state index in [1.165, 1.54) is 25.7 Å². The number of rotatable bonds is 4. The molecule has 0 aromatic heterocycles. The average molecular weight is 254 g/mol. The van der Waals surface area contributed by atoms with Crippen molar-refractivity contribution >= 4 is 5.91 Å². The fraction of sp³-hybridized carbons (Fsp3) is 0.933. The van der Waals surface area contributed by atoms with Crippen LogP contribution in [-0.4, -0.2) is 18.0 Å². The Morgan fingerprint density at radius 3 is 2.28 bits per heavy atom. The number of hydrogen-bond acceptors (Lipinski definition) is 2.